The first-order chi connectivity index (χ1) is 8.42. The lowest BCUT2D eigenvalue weighted by Crippen LogP contribution is -2.41. The van der Waals surface area contributed by atoms with Gasteiger partial charge < -0.3 is 10.4 Å². The van der Waals surface area contributed by atoms with Crippen molar-refractivity contribution in [1.29, 1.82) is 0 Å². The fourth-order valence-corrected chi connectivity index (χ4v) is 2.39. The Morgan fingerprint density at radius 2 is 2.22 bits per heavy atom. The second-order valence-corrected chi connectivity index (χ2v) is 5.17. The van der Waals surface area contributed by atoms with Crippen LogP contribution in [-0.4, -0.2) is 48.1 Å². The van der Waals surface area contributed by atoms with Gasteiger partial charge in [0.25, 0.3) is 0 Å². The second kappa shape index (κ2) is 6.00. The summed E-state index contributed by atoms with van der Waals surface area (Å²) in [5, 5.41) is 12.1. The van der Waals surface area contributed by atoms with Crippen molar-refractivity contribution < 1.29 is 14.7 Å². The molecule has 1 aliphatic rings. The highest BCUT2D eigenvalue weighted by Gasteiger charge is 2.47. The van der Waals surface area contributed by atoms with E-state index in [0.717, 1.165) is 0 Å². The van der Waals surface area contributed by atoms with Crippen molar-refractivity contribution in [3.05, 3.63) is 12.7 Å². The minimum absolute atomic E-state index is 0.0660. The lowest BCUT2D eigenvalue weighted by atomic mass is 9.76. The lowest BCUT2D eigenvalue weighted by Gasteiger charge is -2.28. The maximum atomic E-state index is 11.6. The molecular formula is C13H22N2O3. The van der Waals surface area contributed by atoms with Gasteiger partial charge in [0.05, 0.1) is 12.0 Å². The van der Waals surface area contributed by atoms with Crippen molar-refractivity contribution in [2.24, 2.45) is 11.3 Å². The largest absolute Gasteiger partial charge is 0.481 e. The van der Waals surface area contributed by atoms with Gasteiger partial charge in [-0.15, -0.1) is 6.58 Å². The number of carboxylic acid groups (broad SMARTS) is 1. The van der Waals surface area contributed by atoms with Crippen LogP contribution in [0, 0.1) is 11.3 Å². The number of carbonyl (C=O) groups excluding carboxylic acids is 1. The van der Waals surface area contributed by atoms with Crippen LogP contribution in [0.5, 0.6) is 0 Å². The molecule has 1 saturated heterocycles. The fourth-order valence-electron chi connectivity index (χ4n) is 2.39. The van der Waals surface area contributed by atoms with Gasteiger partial charge in [0.1, 0.15) is 0 Å². The van der Waals surface area contributed by atoms with Gasteiger partial charge >= 0.3 is 5.97 Å². The predicted octanol–water partition coefficient (Wildman–Crippen LogP) is 0.721. The summed E-state index contributed by atoms with van der Waals surface area (Å²) in [6.45, 7) is 9.19. The monoisotopic (exact) mass is 254 g/mol. The molecule has 1 fully saturated rings. The van der Waals surface area contributed by atoms with E-state index in [1.54, 1.807) is 6.08 Å². The van der Waals surface area contributed by atoms with E-state index in [1.807, 2.05) is 18.7 Å². The maximum Gasteiger partial charge on any atom is 0.311 e. The summed E-state index contributed by atoms with van der Waals surface area (Å²) in [7, 11) is 0. The van der Waals surface area contributed by atoms with Crippen molar-refractivity contribution in [1.82, 2.24) is 10.2 Å². The molecule has 0 aliphatic carbocycles. The van der Waals surface area contributed by atoms with E-state index in [-0.39, 0.29) is 18.4 Å². The quantitative estimate of drug-likeness (QED) is 0.685. The lowest BCUT2D eigenvalue weighted by molar-refractivity contribution is -0.151. The van der Waals surface area contributed by atoms with Crippen LogP contribution < -0.4 is 5.32 Å². The number of rotatable bonds is 6. The van der Waals surface area contributed by atoms with Crippen LogP contribution in [0.3, 0.4) is 0 Å². The fraction of sp³-hybridized carbons (Fsp3) is 0.692. The molecule has 2 N–H and O–H groups in total. The summed E-state index contributed by atoms with van der Waals surface area (Å²) >= 11 is 0. The smallest absolute Gasteiger partial charge is 0.311 e. The van der Waals surface area contributed by atoms with E-state index < -0.39 is 11.4 Å². The molecule has 0 radical (unpaired) electrons. The molecule has 0 aromatic carbocycles. The zero-order valence-electron chi connectivity index (χ0n) is 11.1. The van der Waals surface area contributed by atoms with Gasteiger partial charge in [-0.05, 0) is 18.9 Å². The number of carbonyl (C=O) groups is 2. The molecule has 1 heterocycles. The third-order valence-corrected chi connectivity index (χ3v) is 3.72. The molecule has 0 aromatic heterocycles. The Balaban J connectivity index is 2.56. The standard InChI is InChI=1S/C13H22N2O3/c1-4-6-14-11(16)8-15-7-5-13(9-15,10(2)3)12(17)18/h4,10H,1,5-9H2,2-3H3,(H,14,16)(H,17,18). The third kappa shape index (κ3) is 3.10. The Labute approximate surface area is 108 Å². The first kappa shape index (κ1) is 14.7. The van der Waals surface area contributed by atoms with Gasteiger partial charge in [-0.25, -0.2) is 0 Å². The minimum atomic E-state index is -0.758. The third-order valence-electron chi connectivity index (χ3n) is 3.72. The predicted molar refractivity (Wildman–Crippen MR) is 69.2 cm³/mol. The zero-order valence-corrected chi connectivity index (χ0v) is 11.1. The molecule has 1 atom stereocenters. The molecule has 1 amide bonds. The van der Waals surface area contributed by atoms with Crippen molar-refractivity contribution in [3.8, 4) is 0 Å². The molecule has 1 rings (SSSR count). The summed E-state index contributed by atoms with van der Waals surface area (Å²) in [5.41, 5.74) is -0.710. The minimum Gasteiger partial charge on any atom is -0.481 e. The maximum absolute atomic E-state index is 11.6. The highest BCUT2D eigenvalue weighted by Crippen LogP contribution is 2.37. The number of carboxylic acids is 1. The first-order valence-electron chi connectivity index (χ1n) is 6.25. The number of nitrogens with one attached hydrogen (secondary N) is 1. The van der Waals surface area contributed by atoms with Crippen molar-refractivity contribution in [2.75, 3.05) is 26.2 Å². The summed E-state index contributed by atoms with van der Waals surface area (Å²) in [4.78, 5) is 24.9. The molecule has 1 unspecified atom stereocenters. The van der Waals surface area contributed by atoms with E-state index in [9.17, 15) is 14.7 Å². The number of nitrogens with zero attached hydrogens (tertiary/aromatic N) is 1. The Morgan fingerprint density at radius 1 is 1.56 bits per heavy atom. The number of amides is 1. The molecular weight excluding hydrogens is 232 g/mol. The average molecular weight is 254 g/mol. The van der Waals surface area contributed by atoms with Crippen LogP contribution in [-0.2, 0) is 9.59 Å². The number of aliphatic carboxylic acids is 1. The Hall–Kier alpha value is -1.36. The summed E-state index contributed by atoms with van der Waals surface area (Å²) in [6, 6.07) is 0. The molecule has 0 spiro atoms. The van der Waals surface area contributed by atoms with E-state index in [4.69, 9.17) is 0 Å². The van der Waals surface area contributed by atoms with Gasteiger partial charge in [-0.3, -0.25) is 14.5 Å². The van der Waals surface area contributed by atoms with Crippen molar-refractivity contribution >= 4 is 11.9 Å². The van der Waals surface area contributed by atoms with Crippen LogP contribution >= 0.6 is 0 Å². The number of hydrogen-bond donors (Lipinski definition) is 2. The Bertz CT molecular complexity index is 341. The highest BCUT2D eigenvalue weighted by atomic mass is 16.4. The van der Waals surface area contributed by atoms with Gasteiger partial charge in [-0.2, -0.15) is 0 Å². The molecule has 18 heavy (non-hydrogen) atoms. The van der Waals surface area contributed by atoms with E-state index >= 15 is 0 Å². The van der Waals surface area contributed by atoms with E-state index in [0.29, 0.717) is 26.1 Å². The van der Waals surface area contributed by atoms with Gasteiger partial charge in [0, 0.05) is 13.1 Å². The SMILES string of the molecule is C=CCNC(=O)CN1CCC(C(=O)O)(C(C)C)C1. The summed E-state index contributed by atoms with van der Waals surface area (Å²) in [6.07, 6.45) is 2.23. The van der Waals surface area contributed by atoms with E-state index in [1.165, 1.54) is 0 Å². The zero-order chi connectivity index (χ0) is 13.8. The molecule has 0 saturated carbocycles. The van der Waals surface area contributed by atoms with Crippen molar-refractivity contribution in [2.45, 2.75) is 20.3 Å². The van der Waals surface area contributed by atoms with Gasteiger partial charge in [0.15, 0.2) is 0 Å². The Kier molecular flexibility index (Phi) is 4.90. The van der Waals surface area contributed by atoms with Crippen LogP contribution in [0.4, 0.5) is 0 Å². The van der Waals surface area contributed by atoms with Crippen molar-refractivity contribution in [3.63, 3.8) is 0 Å². The summed E-state index contributed by atoms with van der Waals surface area (Å²) < 4.78 is 0. The summed E-state index contributed by atoms with van der Waals surface area (Å²) in [5.74, 6) is -0.775. The van der Waals surface area contributed by atoms with Crippen LogP contribution in [0.25, 0.3) is 0 Å². The van der Waals surface area contributed by atoms with Gasteiger partial charge in [0.2, 0.25) is 5.91 Å². The van der Waals surface area contributed by atoms with Gasteiger partial charge in [-0.1, -0.05) is 19.9 Å². The molecule has 5 heteroatoms. The molecule has 102 valence electrons. The number of hydrogen-bond acceptors (Lipinski definition) is 3. The molecule has 0 bridgehead atoms. The highest BCUT2D eigenvalue weighted by molar-refractivity contribution is 5.79. The van der Waals surface area contributed by atoms with Crippen LogP contribution in [0.2, 0.25) is 0 Å². The number of likely N-dealkylation sites (tertiary alicyclic amines) is 1. The normalized spacial score (nSPS) is 24.2. The first-order valence-corrected chi connectivity index (χ1v) is 6.25. The topological polar surface area (TPSA) is 69.6 Å². The van der Waals surface area contributed by atoms with Crippen LogP contribution in [0.15, 0.2) is 12.7 Å². The molecule has 5 nitrogen and oxygen atoms in total. The molecule has 1 aliphatic heterocycles. The second-order valence-electron chi connectivity index (χ2n) is 5.17. The Morgan fingerprint density at radius 3 is 2.67 bits per heavy atom. The van der Waals surface area contributed by atoms with E-state index in [2.05, 4.69) is 11.9 Å². The average Bonchev–Trinajstić information content (AvgIpc) is 2.71. The van der Waals surface area contributed by atoms with Crippen LogP contribution in [0.1, 0.15) is 20.3 Å². The molecule has 0 aromatic rings.